The maximum Gasteiger partial charge on any atom is 0.223 e. The van der Waals surface area contributed by atoms with Gasteiger partial charge in [0, 0.05) is 19.2 Å². The molecule has 0 saturated heterocycles. The Bertz CT molecular complexity index is 358. The number of halogens is 1. The quantitative estimate of drug-likeness (QED) is 0.786. The smallest absolute Gasteiger partial charge is 0.223 e. The molecule has 1 rings (SSSR count). The van der Waals surface area contributed by atoms with Gasteiger partial charge in [0.15, 0.2) is 0 Å². The molecular formula is C11H20ClN5. The van der Waals surface area contributed by atoms with Gasteiger partial charge in [0.25, 0.3) is 0 Å². The number of nitrogen functional groups attached to an aromatic ring is 1. The van der Waals surface area contributed by atoms with E-state index in [9.17, 15) is 0 Å². The van der Waals surface area contributed by atoms with Crippen LogP contribution in [-0.4, -0.2) is 42.1 Å². The summed E-state index contributed by atoms with van der Waals surface area (Å²) in [6.45, 7) is 6.14. The molecule has 0 aliphatic rings. The van der Waals surface area contributed by atoms with Gasteiger partial charge in [-0.2, -0.15) is 4.98 Å². The van der Waals surface area contributed by atoms with Crippen molar-refractivity contribution in [3.05, 3.63) is 11.2 Å². The Labute approximate surface area is 107 Å². The van der Waals surface area contributed by atoms with Gasteiger partial charge in [-0.1, -0.05) is 25.4 Å². The largest absolute Gasteiger partial charge is 0.369 e. The van der Waals surface area contributed by atoms with Gasteiger partial charge in [0.05, 0.1) is 0 Å². The molecule has 1 heterocycles. The van der Waals surface area contributed by atoms with Gasteiger partial charge in [0.1, 0.15) is 11.0 Å². The minimum Gasteiger partial charge on any atom is -0.369 e. The van der Waals surface area contributed by atoms with Crippen molar-refractivity contribution in [2.75, 3.05) is 38.2 Å². The fraction of sp³-hybridized carbons (Fsp3) is 0.636. The predicted octanol–water partition coefficient (Wildman–Crippen LogP) is 1.71. The fourth-order valence-electron chi connectivity index (χ4n) is 1.77. The molecule has 0 aliphatic carbocycles. The highest BCUT2D eigenvalue weighted by Gasteiger charge is 2.18. The van der Waals surface area contributed by atoms with Gasteiger partial charge < -0.3 is 16.0 Å². The number of hydrogen-bond acceptors (Lipinski definition) is 5. The summed E-state index contributed by atoms with van der Waals surface area (Å²) in [7, 11) is 4.11. The highest BCUT2D eigenvalue weighted by Crippen LogP contribution is 2.18. The van der Waals surface area contributed by atoms with E-state index >= 15 is 0 Å². The number of hydrogen-bond donors (Lipinski definition) is 2. The third kappa shape index (κ3) is 5.19. The number of anilines is 2. The molecule has 0 saturated carbocycles. The maximum atomic E-state index is 5.81. The molecular weight excluding hydrogens is 238 g/mol. The molecule has 6 heteroatoms. The number of nitrogens with two attached hydrogens (primary N) is 1. The first-order chi connectivity index (χ1) is 7.78. The summed E-state index contributed by atoms with van der Waals surface area (Å²) in [5, 5.41) is 3.58. The molecule has 0 bridgehead atoms. The molecule has 0 amide bonds. The molecule has 5 nitrogen and oxygen atoms in total. The van der Waals surface area contributed by atoms with Crippen molar-refractivity contribution in [3.63, 3.8) is 0 Å². The van der Waals surface area contributed by atoms with Crippen LogP contribution < -0.4 is 11.1 Å². The molecule has 0 aromatic carbocycles. The van der Waals surface area contributed by atoms with Crippen LogP contribution in [0, 0.1) is 5.41 Å². The van der Waals surface area contributed by atoms with Crippen LogP contribution in [0.3, 0.4) is 0 Å². The van der Waals surface area contributed by atoms with E-state index in [2.05, 4.69) is 48.1 Å². The minimum atomic E-state index is 0.135. The minimum absolute atomic E-state index is 0.135. The van der Waals surface area contributed by atoms with E-state index in [-0.39, 0.29) is 11.4 Å². The first-order valence-corrected chi connectivity index (χ1v) is 5.85. The van der Waals surface area contributed by atoms with E-state index < -0.39 is 0 Å². The number of nitrogens with one attached hydrogen (secondary N) is 1. The standard InChI is InChI=1S/C11H20ClN5/c1-11(2,7-17(3)4)6-14-9-5-8(12)15-10(13)16-9/h5H,6-7H2,1-4H3,(H3,13,14,15,16). The Balaban J connectivity index is 2.60. The van der Waals surface area contributed by atoms with Crippen LogP contribution >= 0.6 is 11.6 Å². The molecule has 0 atom stereocenters. The second kappa shape index (κ2) is 5.51. The van der Waals surface area contributed by atoms with E-state index in [0.717, 1.165) is 13.1 Å². The lowest BCUT2D eigenvalue weighted by atomic mass is 9.93. The topological polar surface area (TPSA) is 67.1 Å². The average Bonchev–Trinajstić information content (AvgIpc) is 2.11. The Morgan fingerprint density at radius 3 is 2.59 bits per heavy atom. The summed E-state index contributed by atoms with van der Waals surface area (Å²) in [6, 6.07) is 1.67. The molecule has 0 radical (unpaired) electrons. The van der Waals surface area contributed by atoms with Crippen LogP contribution in [0.25, 0.3) is 0 Å². The first-order valence-electron chi connectivity index (χ1n) is 5.47. The SMILES string of the molecule is CN(C)CC(C)(C)CNc1cc(Cl)nc(N)n1. The van der Waals surface area contributed by atoms with Crippen molar-refractivity contribution in [1.29, 1.82) is 0 Å². The summed E-state index contributed by atoms with van der Waals surface area (Å²) in [4.78, 5) is 10.0. The van der Waals surface area contributed by atoms with Crippen molar-refractivity contribution in [2.24, 2.45) is 5.41 Å². The Hall–Kier alpha value is -1.07. The first kappa shape index (κ1) is 14.0. The van der Waals surface area contributed by atoms with E-state index in [1.807, 2.05) is 0 Å². The van der Waals surface area contributed by atoms with E-state index in [1.54, 1.807) is 6.07 Å². The van der Waals surface area contributed by atoms with E-state index in [4.69, 9.17) is 17.3 Å². The van der Waals surface area contributed by atoms with Crippen molar-refractivity contribution in [3.8, 4) is 0 Å². The fourth-order valence-corrected chi connectivity index (χ4v) is 1.96. The maximum absolute atomic E-state index is 5.81. The summed E-state index contributed by atoms with van der Waals surface area (Å²) < 4.78 is 0. The van der Waals surface area contributed by atoms with Crippen molar-refractivity contribution in [2.45, 2.75) is 13.8 Å². The van der Waals surface area contributed by atoms with Gasteiger partial charge in [-0.05, 0) is 19.5 Å². The van der Waals surface area contributed by atoms with Crippen LogP contribution in [0.2, 0.25) is 5.15 Å². The second-order valence-electron chi connectivity index (χ2n) is 5.19. The molecule has 0 aliphatic heterocycles. The summed E-state index contributed by atoms with van der Waals surface area (Å²) in [5.41, 5.74) is 5.66. The molecule has 1 aromatic rings. The molecule has 0 spiro atoms. The third-order valence-corrected chi connectivity index (χ3v) is 2.40. The van der Waals surface area contributed by atoms with Crippen LogP contribution in [0.4, 0.5) is 11.8 Å². The Morgan fingerprint density at radius 2 is 2.06 bits per heavy atom. The number of aromatic nitrogens is 2. The number of nitrogens with zero attached hydrogens (tertiary/aromatic N) is 3. The van der Waals surface area contributed by atoms with Crippen LogP contribution in [0.1, 0.15) is 13.8 Å². The molecule has 3 N–H and O–H groups in total. The lowest BCUT2D eigenvalue weighted by Crippen LogP contribution is -2.34. The molecule has 96 valence electrons. The van der Waals surface area contributed by atoms with Gasteiger partial charge in [0.2, 0.25) is 5.95 Å². The van der Waals surface area contributed by atoms with Crippen molar-refractivity contribution in [1.82, 2.24) is 14.9 Å². The lowest BCUT2D eigenvalue weighted by molar-refractivity contribution is 0.254. The molecule has 17 heavy (non-hydrogen) atoms. The zero-order chi connectivity index (χ0) is 13.1. The Morgan fingerprint density at radius 1 is 1.41 bits per heavy atom. The zero-order valence-corrected chi connectivity index (χ0v) is 11.5. The van der Waals surface area contributed by atoms with Crippen molar-refractivity contribution < 1.29 is 0 Å². The zero-order valence-electron chi connectivity index (χ0n) is 10.8. The lowest BCUT2D eigenvalue weighted by Gasteiger charge is -2.28. The highest BCUT2D eigenvalue weighted by molar-refractivity contribution is 6.29. The molecule has 1 aromatic heterocycles. The van der Waals surface area contributed by atoms with Crippen LogP contribution in [0.5, 0.6) is 0 Å². The van der Waals surface area contributed by atoms with Crippen molar-refractivity contribution >= 4 is 23.4 Å². The normalized spacial score (nSPS) is 11.9. The summed E-state index contributed by atoms with van der Waals surface area (Å²) in [5.74, 6) is 0.847. The van der Waals surface area contributed by atoms with Gasteiger partial charge >= 0.3 is 0 Å². The van der Waals surface area contributed by atoms with Gasteiger partial charge in [-0.3, -0.25) is 0 Å². The van der Waals surface area contributed by atoms with E-state index in [1.165, 1.54) is 0 Å². The molecule has 0 fully saturated rings. The Kier molecular flexibility index (Phi) is 4.54. The third-order valence-electron chi connectivity index (χ3n) is 2.20. The van der Waals surface area contributed by atoms with Crippen LogP contribution in [0.15, 0.2) is 6.07 Å². The van der Waals surface area contributed by atoms with E-state index in [0.29, 0.717) is 11.0 Å². The van der Waals surface area contributed by atoms with Crippen LogP contribution in [-0.2, 0) is 0 Å². The predicted molar refractivity (Wildman–Crippen MR) is 72.3 cm³/mol. The summed E-state index contributed by atoms with van der Waals surface area (Å²) >= 11 is 5.81. The summed E-state index contributed by atoms with van der Waals surface area (Å²) in [6.07, 6.45) is 0. The van der Waals surface area contributed by atoms with Gasteiger partial charge in [-0.25, -0.2) is 4.98 Å². The highest BCUT2D eigenvalue weighted by atomic mass is 35.5. The average molecular weight is 258 g/mol. The molecule has 0 unspecified atom stereocenters. The van der Waals surface area contributed by atoms with Gasteiger partial charge in [-0.15, -0.1) is 0 Å². The second-order valence-corrected chi connectivity index (χ2v) is 5.58. The number of rotatable bonds is 5. The monoisotopic (exact) mass is 257 g/mol.